The van der Waals surface area contributed by atoms with Gasteiger partial charge in [0.1, 0.15) is 5.82 Å². The molecule has 0 aliphatic carbocycles. The van der Waals surface area contributed by atoms with Crippen LogP contribution in [0.4, 0.5) is 0 Å². The van der Waals surface area contributed by atoms with Gasteiger partial charge >= 0.3 is 0 Å². The third kappa shape index (κ3) is 6.76. The van der Waals surface area contributed by atoms with Crippen LogP contribution in [-0.2, 0) is 13.0 Å². The van der Waals surface area contributed by atoms with Crippen molar-refractivity contribution in [2.45, 2.75) is 46.6 Å². The molecule has 1 aromatic carbocycles. The predicted molar refractivity (Wildman–Crippen MR) is 132 cm³/mol. The Morgan fingerprint density at radius 1 is 1.21 bits per heavy atom. The van der Waals surface area contributed by atoms with Crippen LogP contribution in [0.25, 0.3) is 10.9 Å². The van der Waals surface area contributed by atoms with Gasteiger partial charge in [0.2, 0.25) is 0 Å². The Hall–Kier alpha value is -2.03. The molecule has 6 nitrogen and oxygen atoms in total. The summed E-state index contributed by atoms with van der Waals surface area (Å²) in [5, 5.41) is 8.10. The Balaban J connectivity index is 0.00000300. The molecule has 0 amide bonds. The third-order valence-corrected chi connectivity index (χ3v) is 4.95. The average molecular weight is 508 g/mol. The lowest BCUT2D eigenvalue weighted by molar-refractivity contribution is 0.600. The molecule has 158 valence electrons. The molecular formula is C22H33IN6. The molecule has 0 bridgehead atoms. The molecule has 0 spiro atoms. The van der Waals surface area contributed by atoms with Gasteiger partial charge in [-0.3, -0.25) is 4.99 Å². The van der Waals surface area contributed by atoms with E-state index in [4.69, 9.17) is 4.99 Å². The predicted octanol–water partition coefficient (Wildman–Crippen LogP) is 4.18. The molecule has 7 heteroatoms. The summed E-state index contributed by atoms with van der Waals surface area (Å²) in [7, 11) is 0. The van der Waals surface area contributed by atoms with Crippen LogP contribution >= 0.6 is 24.0 Å². The van der Waals surface area contributed by atoms with Crippen molar-refractivity contribution in [3.05, 3.63) is 53.7 Å². The summed E-state index contributed by atoms with van der Waals surface area (Å²) in [6, 6.07) is 6.57. The summed E-state index contributed by atoms with van der Waals surface area (Å²) in [4.78, 5) is 12.3. The molecule has 0 fully saturated rings. The van der Waals surface area contributed by atoms with Crippen molar-refractivity contribution < 1.29 is 0 Å². The van der Waals surface area contributed by atoms with Crippen molar-refractivity contribution >= 4 is 40.8 Å². The molecular weight excluding hydrogens is 475 g/mol. The van der Waals surface area contributed by atoms with Gasteiger partial charge in [-0.2, -0.15) is 0 Å². The summed E-state index contributed by atoms with van der Waals surface area (Å²) in [5.41, 5.74) is 3.83. The van der Waals surface area contributed by atoms with Gasteiger partial charge in [-0.15, -0.1) is 24.0 Å². The van der Waals surface area contributed by atoms with E-state index in [-0.39, 0.29) is 24.0 Å². The zero-order valence-corrected chi connectivity index (χ0v) is 20.0. The fraction of sp³-hybridized carbons (Fsp3) is 0.455. The molecule has 0 aliphatic rings. The number of aromatic amines is 1. The SMILES string of the molecule is CCNC(=NCCCCn1ccnc1C)NCCc1c[nH]c2cc(C)ccc12.I. The van der Waals surface area contributed by atoms with Crippen molar-refractivity contribution in [3.8, 4) is 0 Å². The van der Waals surface area contributed by atoms with Gasteiger partial charge in [0.05, 0.1) is 0 Å². The quantitative estimate of drug-likeness (QED) is 0.176. The van der Waals surface area contributed by atoms with Gasteiger partial charge in [-0.25, -0.2) is 4.98 Å². The molecule has 3 rings (SSSR count). The maximum atomic E-state index is 4.71. The highest BCUT2D eigenvalue weighted by atomic mass is 127. The van der Waals surface area contributed by atoms with E-state index in [2.05, 4.69) is 63.4 Å². The number of aromatic nitrogens is 3. The standard InChI is InChI=1S/C22H32N6.HI/c1-4-23-22(25-10-5-6-13-28-14-12-24-18(28)3)26-11-9-19-16-27-21-15-17(2)7-8-20(19)21;/h7-8,12,14-16,27H,4-6,9-11,13H2,1-3H3,(H2,23,25,26);1H. The second-order valence-corrected chi connectivity index (χ2v) is 7.18. The normalized spacial score (nSPS) is 11.5. The minimum Gasteiger partial charge on any atom is -0.361 e. The van der Waals surface area contributed by atoms with Crippen molar-refractivity contribution in [2.24, 2.45) is 4.99 Å². The van der Waals surface area contributed by atoms with Crippen molar-refractivity contribution in [2.75, 3.05) is 19.6 Å². The highest BCUT2D eigenvalue weighted by molar-refractivity contribution is 14.0. The topological polar surface area (TPSA) is 70.0 Å². The number of nitrogens with zero attached hydrogens (tertiary/aromatic N) is 3. The fourth-order valence-corrected chi connectivity index (χ4v) is 3.39. The first kappa shape index (κ1) is 23.3. The minimum atomic E-state index is 0. The molecule has 0 atom stereocenters. The number of aliphatic imine (C=N–C) groups is 1. The molecule has 0 saturated heterocycles. The van der Waals surface area contributed by atoms with E-state index in [0.29, 0.717) is 0 Å². The lowest BCUT2D eigenvalue weighted by atomic mass is 10.1. The molecule has 0 unspecified atom stereocenters. The Morgan fingerprint density at radius 2 is 2.07 bits per heavy atom. The van der Waals surface area contributed by atoms with Crippen LogP contribution < -0.4 is 10.6 Å². The van der Waals surface area contributed by atoms with Crippen molar-refractivity contribution in [3.63, 3.8) is 0 Å². The number of guanidine groups is 1. The van der Waals surface area contributed by atoms with Crippen molar-refractivity contribution in [1.29, 1.82) is 0 Å². The second-order valence-electron chi connectivity index (χ2n) is 7.18. The lowest BCUT2D eigenvalue weighted by Gasteiger charge is -2.11. The Kier molecular flexibility index (Phi) is 9.50. The van der Waals surface area contributed by atoms with Gasteiger partial charge in [-0.1, -0.05) is 12.1 Å². The number of H-pyrrole nitrogens is 1. The number of benzene rings is 1. The van der Waals surface area contributed by atoms with E-state index in [0.717, 1.165) is 57.2 Å². The molecule has 29 heavy (non-hydrogen) atoms. The largest absolute Gasteiger partial charge is 0.361 e. The number of hydrogen-bond donors (Lipinski definition) is 3. The van der Waals surface area contributed by atoms with Crippen molar-refractivity contribution in [1.82, 2.24) is 25.2 Å². The van der Waals surface area contributed by atoms with Crippen LogP contribution in [0.3, 0.4) is 0 Å². The number of aryl methyl sites for hydroxylation is 3. The van der Waals surface area contributed by atoms with E-state index in [1.807, 2.05) is 19.3 Å². The second kappa shape index (κ2) is 11.8. The van der Waals surface area contributed by atoms with Crippen LogP contribution in [0.15, 0.2) is 41.8 Å². The minimum absolute atomic E-state index is 0. The Bertz CT molecular complexity index is 911. The van der Waals surface area contributed by atoms with Crippen LogP contribution in [0.1, 0.15) is 36.7 Å². The maximum Gasteiger partial charge on any atom is 0.191 e. The summed E-state index contributed by atoms with van der Waals surface area (Å²) >= 11 is 0. The van der Waals surface area contributed by atoms with Crippen LogP contribution in [-0.4, -0.2) is 40.1 Å². The number of halogens is 1. The van der Waals surface area contributed by atoms with Crippen LogP contribution in [0.2, 0.25) is 0 Å². The number of fused-ring (bicyclic) bond motifs is 1. The molecule has 0 radical (unpaired) electrons. The number of rotatable bonds is 9. The van der Waals surface area contributed by atoms with Gasteiger partial charge in [0.15, 0.2) is 5.96 Å². The number of hydrogen-bond acceptors (Lipinski definition) is 2. The van der Waals surface area contributed by atoms with E-state index >= 15 is 0 Å². The van der Waals surface area contributed by atoms with Gasteiger partial charge in [0.25, 0.3) is 0 Å². The van der Waals surface area contributed by atoms with Gasteiger partial charge in [0, 0.05) is 55.7 Å². The number of imidazole rings is 1. The molecule has 2 aromatic heterocycles. The summed E-state index contributed by atoms with van der Waals surface area (Å²) in [5.74, 6) is 1.97. The third-order valence-electron chi connectivity index (χ3n) is 4.95. The Morgan fingerprint density at radius 3 is 2.83 bits per heavy atom. The van der Waals surface area contributed by atoms with E-state index in [9.17, 15) is 0 Å². The van der Waals surface area contributed by atoms with E-state index in [1.165, 1.54) is 22.0 Å². The lowest BCUT2D eigenvalue weighted by Crippen LogP contribution is -2.38. The summed E-state index contributed by atoms with van der Waals surface area (Å²) < 4.78 is 2.19. The molecule has 2 heterocycles. The van der Waals surface area contributed by atoms with Crippen LogP contribution in [0, 0.1) is 13.8 Å². The van der Waals surface area contributed by atoms with Crippen LogP contribution in [0.5, 0.6) is 0 Å². The first-order valence-corrected chi connectivity index (χ1v) is 10.2. The van der Waals surface area contributed by atoms with Gasteiger partial charge in [-0.05, 0) is 57.2 Å². The molecule has 3 aromatic rings. The van der Waals surface area contributed by atoms with E-state index in [1.54, 1.807) is 0 Å². The van der Waals surface area contributed by atoms with E-state index < -0.39 is 0 Å². The zero-order chi connectivity index (χ0) is 19.8. The number of unbranched alkanes of at least 4 members (excludes halogenated alkanes) is 1. The first-order chi connectivity index (χ1) is 13.7. The fourth-order valence-electron chi connectivity index (χ4n) is 3.39. The molecule has 3 N–H and O–H groups in total. The first-order valence-electron chi connectivity index (χ1n) is 10.2. The molecule has 0 aliphatic heterocycles. The highest BCUT2D eigenvalue weighted by Crippen LogP contribution is 2.19. The summed E-state index contributed by atoms with van der Waals surface area (Å²) in [6.07, 6.45) is 9.15. The summed E-state index contributed by atoms with van der Waals surface area (Å²) in [6.45, 7) is 9.83. The maximum absolute atomic E-state index is 4.71. The zero-order valence-electron chi connectivity index (χ0n) is 17.7. The van der Waals surface area contributed by atoms with Gasteiger partial charge < -0.3 is 20.2 Å². The monoisotopic (exact) mass is 508 g/mol. The number of nitrogens with one attached hydrogen (secondary N) is 3. The Labute approximate surface area is 190 Å². The highest BCUT2D eigenvalue weighted by Gasteiger charge is 2.04. The average Bonchev–Trinajstić information content (AvgIpc) is 3.27. The molecule has 0 saturated carbocycles. The smallest absolute Gasteiger partial charge is 0.191 e.